The van der Waals surface area contributed by atoms with Crippen molar-refractivity contribution in [1.29, 1.82) is 0 Å². The molecule has 1 heterocycles. The molecule has 4 rings (SSSR count). The van der Waals surface area contributed by atoms with Gasteiger partial charge in [-0.05, 0) is 31.2 Å². The number of aromatic nitrogens is 1. The minimum atomic E-state index is -0.246. The fourth-order valence-electron chi connectivity index (χ4n) is 4.12. The molecular weight excluding hydrogens is 563 g/mol. The van der Waals surface area contributed by atoms with Gasteiger partial charge in [0.05, 0.1) is 5.52 Å². The second-order valence-electron chi connectivity index (χ2n) is 9.43. The number of thioether (sulfide) groups is 1. The predicted octanol–water partition coefficient (Wildman–Crippen LogP) is 5.53. The Morgan fingerprint density at radius 1 is 1.00 bits per heavy atom. The summed E-state index contributed by atoms with van der Waals surface area (Å²) in [7, 11) is 3.82. The van der Waals surface area contributed by atoms with Gasteiger partial charge in [-0.15, -0.1) is 0 Å². The van der Waals surface area contributed by atoms with Gasteiger partial charge in [0.25, 0.3) is 0 Å². The number of carbonyl (C=O) groups excluding carboxylic acids is 2. The van der Waals surface area contributed by atoms with Gasteiger partial charge in [0.15, 0.2) is 0 Å². The first-order chi connectivity index (χ1) is 20.9. The van der Waals surface area contributed by atoms with Crippen LogP contribution in [0.5, 0.6) is 11.5 Å². The van der Waals surface area contributed by atoms with E-state index in [1.54, 1.807) is 50.6 Å². The molecule has 1 aromatic heterocycles. The Balaban J connectivity index is 1.37. The molecule has 11 heteroatoms. The van der Waals surface area contributed by atoms with E-state index in [1.807, 2.05) is 55.5 Å². The fraction of sp³-hybridized carbons (Fsp3) is 0.188. The van der Waals surface area contributed by atoms with Crippen molar-refractivity contribution in [1.82, 2.24) is 10.4 Å². The maximum atomic E-state index is 13.0. The molecule has 0 aliphatic carbocycles. The Morgan fingerprint density at radius 3 is 2.63 bits per heavy atom. The number of allylic oxidation sites excluding steroid dienone is 1. The Kier molecular flexibility index (Phi) is 11.2. The van der Waals surface area contributed by atoms with Crippen LogP contribution in [0.2, 0.25) is 0 Å². The molecule has 0 spiro atoms. The Morgan fingerprint density at radius 2 is 1.84 bits per heavy atom. The van der Waals surface area contributed by atoms with Crippen LogP contribution in [0, 0.1) is 6.92 Å². The van der Waals surface area contributed by atoms with Crippen LogP contribution >= 0.6 is 11.8 Å². The van der Waals surface area contributed by atoms with Crippen molar-refractivity contribution in [3.05, 3.63) is 95.7 Å². The molecular formula is C32H31BN4O5S. The van der Waals surface area contributed by atoms with Gasteiger partial charge in [-0.3, -0.25) is 9.78 Å². The monoisotopic (exact) mass is 594 g/mol. The zero-order valence-corrected chi connectivity index (χ0v) is 24.9. The fourth-order valence-corrected chi connectivity index (χ4v) is 4.94. The van der Waals surface area contributed by atoms with Crippen LogP contribution in [0.3, 0.4) is 0 Å². The molecule has 0 fully saturated rings. The number of anilines is 1. The first-order valence-electron chi connectivity index (χ1n) is 13.4. The van der Waals surface area contributed by atoms with E-state index >= 15 is 0 Å². The van der Waals surface area contributed by atoms with E-state index < -0.39 is 0 Å². The average molecular weight is 595 g/mol. The third kappa shape index (κ3) is 9.11. The molecule has 9 nitrogen and oxygen atoms in total. The van der Waals surface area contributed by atoms with E-state index in [2.05, 4.69) is 20.8 Å². The number of aryl methyl sites for hydroxylation is 1. The topological polar surface area (TPSA) is 119 Å². The summed E-state index contributed by atoms with van der Waals surface area (Å²) in [6, 6.07) is 22.1. The summed E-state index contributed by atoms with van der Waals surface area (Å²) >= 11 is 1.34. The van der Waals surface area contributed by atoms with Crippen LogP contribution in [0.15, 0.2) is 88.9 Å². The molecule has 0 aliphatic rings. The number of ketones is 1. The number of nitrogens with zero attached hydrogens (tertiary/aromatic N) is 2. The molecule has 0 saturated heterocycles. The first kappa shape index (κ1) is 31.2. The third-order valence-corrected chi connectivity index (χ3v) is 7.29. The number of hydrazone groups is 1. The number of fused-ring (bicyclic) bond motifs is 1. The van der Waals surface area contributed by atoms with Gasteiger partial charge in [0, 0.05) is 16.8 Å². The minimum absolute atomic E-state index is 0.0290. The maximum absolute atomic E-state index is 13.0. The average Bonchev–Trinajstić information content (AvgIpc) is 3.02. The molecule has 0 aliphatic heterocycles. The van der Waals surface area contributed by atoms with Crippen LogP contribution in [0.4, 0.5) is 5.69 Å². The van der Waals surface area contributed by atoms with Crippen LogP contribution in [-0.4, -0.2) is 56.0 Å². The van der Waals surface area contributed by atoms with Crippen molar-refractivity contribution in [2.24, 2.45) is 5.10 Å². The van der Waals surface area contributed by atoms with Gasteiger partial charge in [0.1, 0.15) is 0 Å². The van der Waals surface area contributed by atoms with Crippen LogP contribution < -0.4 is 20.2 Å². The van der Waals surface area contributed by atoms with Gasteiger partial charge in [-0.1, -0.05) is 6.07 Å². The number of methoxy groups -OCH3 is 2. The van der Waals surface area contributed by atoms with Crippen molar-refractivity contribution in [3.63, 3.8) is 0 Å². The summed E-state index contributed by atoms with van der Waals surface area (Å²) in [4.78, 5) is 31.1. The van der Waals surface area contributed by atoms with E-state index in [0.29, 0.717) is 35.6 Å². The molecule has 2 N–H and O–H groups in total. The van der Waals surface area contributed by atoms with E-state index in [9.17, 15) is 14.3 Å². The molecule has 43 heavy (non-hydrogen) atoms. The summed E-state index contributed by atoms with van der Waals surface area (Å²) in [6.45, 7) is 1.94. The van der Waals surface area contributed by atoms with Crippen molar-refractivity contribution in [2.75, 3.05) is 31.7 Å². The van der Waals surface area contributed by atoms with E-state index in [-0.39, 0.29) is 30.3 Å². The van der Waals surface area contributed by atoms with Gasteiger partial charge in [-0.25, -0.2) is 0 Å². The molecule has 0 radical (unpaired) electrons. The second-order valence-corrected chi connectivity index (χ2v) is 10.5. The molecule has 218 valence electrons. The van der Waals surface area contributed by atoms with Crippen molar-refractivity contribution in [2.45, 2.75) is 18.2 Å². The molecule has 0 bridgehead atoms. The number of pyridine rings is 1. The summed E-state index contributed by atoms with van der Waals surface area (Å²) in [5, 5.41) is 8.08. The number of Topliss-reactive ketones (excluding diaryl/α,β-unsaturated/α-hetero) is 1. The van der Waals surface area contributed by atoms with Crippen molar-refractivity contribution < 1.29 is 23.8 Å². The Hall–Kier alpha value is -4.77. The normalized spacial score (nSPS) is 11.3. The quantitative estimate of drug-likeness (QED) is 0.0643. The molecule has 0 atom stereocenters. The summed E-state index contributed by atoms with van der Waals surface area (Å²) in [6.07, 6.45) is 3.61. The van der Waals surface area contributed by atoms with Gasteiger partial charge in [-0.2, -0.15) is 0 Å². The number of amides is 1. The summed E-state index contributed by atoms with van der Waals surface area (Å²) < 4.78 is 21.4. The Bertz CT molecular complexity index is 1690. The number of ether oxygens (including phenoxy) is 2. The summed E-state index contributed by atoms with van der Waals surface area (Å²) in [5.41, 5.74) is 6.91. The van der Waals surface area contributed by atoms with Crippen molar-refractivity contribution >= 4 is 59.0 Å². The SMILES string of the molecule is COc1ccc(/C=C/C(CC(=O)CSc2cccc(C(=O)Nc3ccc4nc(C)ccc4c3)c2)=N\NCB=O)cc1OC. The first-order valence-corrected chi connectivity index (χ1v) is 14.4. The van der Waals surface area contributed by atoms with Gasteiger partial charge in [0.2, 0.25) is 0 Å². The number of hydrogen-bond donors (Lipinski definition) is 2. The number of hydrogen-bond acceptors (Lipinski definition) is 9. The standard InChI is InChI=1S/C32H31BN4O5S/c1-21-7-10-23-16-25(12-13-29(23)35-21)36-32(39)24-5-4-6-28(17-24)43-19-27(38)18-26(37-34-20-33-40)11-8-22-9-14-30(41-2)31(15-22)42-3/h4-17,34H,18-20H2,1-3H3,(H,36,39)/b11-8+,37-26+. The molecule has 0 unspecified atom stereocenters. The van der Waals surface area contributed by atoms with E-state index in [0.717, 1.165) is 27.1 Å². The number of carbonyl (C=O) groups is 2. The second kappa shape index (κ2) is 15.5. The van der Waals surface area contributed by atoms with Crippen LogP contribution in [-0.2, 0) is 9.50 Å². The molecule has 0 saturated carbocycles. The van der Waals surface area contributed by atoms with Crippen LogP contribution in [0.25, 0.3) is 17.0 Å². The van der Waals surface area contributed by atoms with Gasteiger partial charge < -0.3 is 5.32 Å². The van der Waals surface area contributed by atoms with E-state index in [1.165, 1.54) is 11.8 Å². The van der Waals surface area contributed by atoms with Gasteiger partial charge >= 0.3 is 181 Å². The third-order valence-electron chi connectivity index (χ3n) is 6.23. The zero-order chi connectivity index (χ0) is 30.6. The number of benzene rings is 3. The van der Waals surface area contributed by atoms with Crippen molar-refractivity contribution in [3.8, 4) is 11.5 Å². The zero-order valence-electron chi connectivity index (χ0n) is 24.1. The summed E-state index contributed by atoms with van der Waals surface area (Å²) in [5.74, 6) is 1.05. The number of rotatable bonds is 14. The van der Waals surface area contributed by atoms with Crippen LogP contribution in [0.1, 0.15) is 28.0 Å². The molecule has 3 aromatic carbocycles. The molecule has 4 aromatic rings. The van der Waals surface area contributed by atoms with E-state index in [4.69, 9.17) is 9.47 Å². The molecule has 1 amide bonds. The predicted molar refractivity (Wildman–Crippen MR) is 172 cm³/mol. The number of nitrogens with one attached hydrogen (secondary N) is 2. The Labute approximate surface area is 255 Å².